The number of halogens is 1. The van der Waals surface area contributed by atoms with Crippen molar-refractivity contribution in [3.63, 3.8) is 0 Å². The molecule has 23 heavy (non-hydrogen) atoms. The summed E-state index contributed by atoms with van der Waals surface area (Å²) >= 11 is 7.38. The van der Waals surface area contributed by atoms with Crippen LogP contribution in [0.4, 0.5) is 0 Å². The zero-order valence-electron chi connectivity index (χ0n) is 12.0. The number of benzene rings is 2. The van der Waals surface area contributed by atoms with Gasteiger partial charge in [0, 0.05) is 10.6 Å². The largest absolute Gasteiger partial charge is 0.315 e. The van der Waals surface area contributed by atoms with E-state index in [1.807, 2.05) is 42.5 Å². The quantitative estimate of drug-likeness (QED) is 0.424. The Labute approximate surface area is 142 Å². The van der Waals surface area contributed by atoms with Crippen LogP contribution < -0.4 is 10.4 Å². The Hall–Kier alpha value is -2.31. The van der Waals surface area contributed by atoms with Gasteiger partial charge in [0.05, 0.1) is 12.0 Å². The summed E-state index contributed by atoms with van der Waals surface area (Å²) in [4.78, 5) is 18.2. The van der Waals surface area contributed by atoms with Crippen LogP contribution in [0.5, 0.6) is 0 Å². The van der Waals surface area contributed by atoms with Gasteiger partial charge in [0.1, 0.15) is 0 Å². The summed E-state index contributed by atoms with van der Waals surface area (Å²) in [6, 6.07) is 15.2. The Kier molecular flexibility index (Phi) is 4.95. The maximum Gasteiger partial charge on any atom is 0.315 e. The number of nitrogens with zero attached hydrogens (tertiary/aromatic N) is 1. The van der Waals surface area contributed by atoms with Crippen molar-refractivity contribution in [3.8, 4) is 0 Å². The number of hydrogen-bond acceptors (Lipinski definition) is 3. The van der Waals surface area contributed by atoms with Gasteiger partial charge in [-0.3, -0.25) is 4.79 Å². The molecule has 0 unspecified atom stereocenters. The maximum absolute atomic E-state index is 11.8. The highest BCUT2D eigenvalue weighted by Gasteiger charge is 2.11. The lowest BCUT2D eigenvalue weighted by atomic mass is 10.2. The van der Waals surface area contributed by atoms with Gasteiger partial charge < -0.3 is 0 Å². The van der Waals surface area contributed by atoms with Crippen molar-refractivity contribution in [1.82, 2.24) is 10.4 Å². The average Bonchev–Trinajstić information content (AvgIpc) is 2.98. The normalized spacial score (nSPS) is 11.2. The van der Waals surface area contributed by atoms with E-state index in [1.54, 1.807) is 6.07 Å². The molecule has 0 atom stereocenters. The fourth-order valence-electron chi connectivity index (χ4n) is 1.97. The van der Waals surface area contributed by atoms with E-state index in [1.165, 1.54) is 18.0 Å². The molecule has 1 amide bonds. The number of carbonyl (C=O) groups is 1. The molecule has 116 valence electrons. The molecule has 0 saturated carbocycles. The van der Waals surface area contributed by atoms with Crippen LogP contribution in [0.3, 0.4) is 0 Å². The molecule has 0 radical (unpaired) electrons. The monoisotopic (exact) mass is 345 g/mol. The smallest absolute Gasteiger partial charge is 0.272 e. The minimum absolute atomic E-state index is 0.189. The number of imidazole rings is 1. The van der Waals surface area contributed by atoms with Gasteiger partial charge in [0.25, 0.3) is 5.91 Å². The number of hydrazone groups is 1. The molecular weight excluding hydrogens is 332 g/mol. The molecule has 0 spiro atoms. The number of fused-ring (bicyclic) bond motifs is 1. The third-order valence-electron chi connectivity index (χ3n) is 3.07. The summed E-state index contributed by atoms with van der Waals surface area (Å²) in [5, 5.41) is 5.34. The number of thioether (sulfide) groups is 1. The van der Waals surface area contributed by atoms with Gasteiger partial charge in [-0.2, -0.15) is 5.10 Å². The molecule has 3 aromatic rings. The highest BCUT2D eigenvalue weighted by molar-refractivity contribution is 7.99. The predicted molar refractivity (Wildman–Crippen MR) is 92.8 cm³/mol. The fraction of sp³-hybridized carbons (Fsp3) is 0.0625. The molecule has 3 N–H and O–H groups in total. The molecule has 7 heteroatoms. The number of rotatable bonds is 5. The highest BCUT2D eigenvalue weighted by Crippen LogP contribution is 2.15. The molecule has 0 bridgehead atoms. The number of aromatic nitrogens is 2. The van der Waals surface area contributed by atoms with E-state index in [-0.39, 0.29) is 11.7 Å². The lowest BCUT2D eigenvalue weighted by molar-refractivity contribution is -0.396. The van der Waals surface area contributed by atoms with E-state index in [2.05, 4.69) is 20.5 Å². The molecular formula is C16H14ClN4OS+. The number of carbonyl (C=O) groups excluding carboxylic acids is 1. The van der Waals surface area contributed by atoms with Crippen molar-refractivity contribution in [3.05, 3.63) is 59.1 Å². The fourth-order valence-corrected chi connectivity index (χ4v) is 2.86. The molecule has 2 aromatic carbocycles. The van der Waals surface area contributed by atoms with Gasteiger partial charge >= 0.3 is 5.16 Å². The standard InChI is InChI=1S/C16H13ClN4OS/c17-12-6-2-1-5-11(12)9-18-21-15(22)10-23-16-19-13-7-3-4-8-14(13)20-16/h1-9H,10H2,(H,19,20)(H,21,22)/p+1. The van der Waals surface area contributed by atoms with Crippen LogP contribution in [-0.4, -0.2) is 22.9 Å². The van der Waals surface area contributed by atoms with Crippen molar-refractivity contribution in [2.75, 3.05) is 5.75 Å². The van der Waals surface area contributed by atoms with Crippen LogP contribution in [0, 0.1) is 0 Å². The zero-order valence-corrected chi connectivity index (χ0v) is 13.6. The number of amides is 1. The molecule has 5 nitrogen and oxygen atoms in total. The Balaban J connectivity index is 1.52. The van der Waals surface area contributed by atoms with Crippen LogP contribution in [0.1, 0.15) is 5.56 Å². The molecule has 0 saturated heterocycles. The maximum atomic E-state index is 11.8. The van der Waals surface area contributed by atoms with E-state index in [0.29, 0.717) is 5.02 Å². The third kappa shape index (κ3) is 4.12. The second kappa shape index (κ2) is 7.30. The van der Waals surface area contributed by atoms with Gasteiger partial charge in [-0.25, -0.2) is 15.4 Å². The summed E-state index contributed by atoms with van der Waals surface area (Å²) in [6.45, 7) is 0. The lowest BCUT2D eigenvalue weighted by Crippen LogP contribution is -2.20. The molecule has 0 aliphatic rings. The van der Waals surface area contributed by atoms with Crippen LogP contribution in [-0.2, 0) is 4.79 Å². The van der Waals surface area contributed by atoms with Gasteiger partial charge in [-0.15, -0.1) is 0 Å². The molecule has 1 aromatic heterocycles. The van der Waals surface area contributed by atoms with E-state index in [4.69, 9.17) is 11.6 Å². The van der Waals surface area contributed by atoms with Crippen LogP contribution in [0.15, 0.2) is 58.8 Å². The van der Waals surface area contributed by atoms with E-state index in [0.717, 1.165) is 21.8 Å². The van der Waals surface area contributed by atoms with Gasteiger partial charge in [-0.1, -0.05) is 41.9 Å². The second-order valence-corrected chi connectivity index (χ2v) is 6.12. The number of aromatic amines is 2. The highest BCUT2D eigenvalue weighted by atomic mass is 35.5. The van der Waals surface area contributed by atoms with E-state index in [9.17, 15) is 4.79 Å². The summed E-state index contributed by atoms with van der Waals surface area (Å²) in [5.41, 5.74) is 5.25. The first-order valence-corrected chi connectivity index (χ1v) is 8.28. The Morgan fingerprint density at radius 3 is 2.87 bits per heavy atom. The summed E-state index contributed by atoms with van der Waals surface area (Å²) in [7, 11) is 0. The van der Waals surface area contributed by atoms with Crippen molar-refractivity contribution >= 4 is 46.5 Å². The Bertz CT molecular complexity index is 829. The number of nitrogens with one attached hydrogen (secondary N) is 3. The predicted octanol–water partition coefficient (Wildman–Crippen LogP) is 2.88. The minimum Gasteiger partial charge on any atom is -0.272 e. The number of H-pyrrole nitrogens is 2. The second-order valence-electron chi connectivity index (χ2n) is 4.73. The van der Waals surface area contributed by atoms with Crippen LogP contribution in [0.25, 0.3) is 11.0 Å². The summed E-state index contributed by atoms with van der Waals surface area (Å²) in [5.74, 6) is 0.0637. The van der Waals surface area contributed by atoms with Gasteiger partial charge in [-0.05, 0) is 30.0 Å². The minimum atomic E-state index is -0.189. The van der Waals surface area contributed by atoms with Crippen LogP contribution in [0.2, 0.25) is 5.02 Å². The molecule has 3 rings (SSSR count). The topological polar surface area (TPSA) is 71.4 Å². The van der Waals surface area contributed by atoms with Gasteiger partial charge in [0.15, 0.2) is 11.0 Å². The first-order valence-electron chi connectivity index (χ1n) is 6.91. The summed E-state index contributed by atoms with van der Waals surface area (Å²) in [6.07, 6.45) is 1.53. The molecule has 0 fully saturated rings. The van der Waals surface area contributed by atoms with Gasteiger partial charge in [0.2, 0.25) is 0 Å². The first-order chi connectivity index (χ1) is 11.2. The van der Waals surface area contributed by atoms with Crippen molar-refractivity contribution in [1.29, 1.82) is 0 Å². The van der Waals surface area contributed by atoms with Crippen molar-refractivity contribution < 1.29 is 9.78 Å². The summed E-state index contributed by atoms with van der Waals surface area (Å²) < 4.78 is 0. The Morgan fingerprint density at radius 2 is 2.04 bits per heavy atom. The van der Waals surface area contributed by atoms with Crippen LogP contribution >= 0.6 is 23.4 Å². The number of para-hydroxylation sites is 2. The third-order valence-corrected chi connectivity index (χ3v) is 4.31. The lowest BCUT2D eigenvalue weighted by Gasteiger charge is -1.98. The van der Waals surface area contributed by atoms with Crippen molar-refractivity contribution in [2.24, 2.45) is 5.10 Å². The average molecular weight is 346 g/mol. The van der Waals surface area contributed by atoms with Crippen molar-refractivity contribution in [2.45, 2.75) is 5.16 Å². The Morgan fingerprint density at radius 1 is 1.26 bits per heavy atom. The molecule has 1 heterocycles. The van der Waals surface area contributed by atoms with E-state index < -0.39 is 0 Å². The first kappa shape index (κ1) is 15.6. The molecule has 0 aliphatic carbocycles. The SMILES string of the molecule is O=C(CSc1[nH]c2ccccc2[nH+]1)NN=Cc1ccccc1Cl. The zero-order chi connectivity index (χ0) is 16.1. The number of hydrogen-bond donors (Lipinski definition) is 2. The van der Waals surface area contributed by atoms with E-state index >= 15 is 0 Å². The molecule has 0 aliphatic heterocycles.